The SMILES string of the molecule is C=C(C)C(=O)OCCCCOCCCCOCCCCOCCCCOCCCCOCCCCOCCCCOCCCCOCCCCOCCCCOCCCCOCCCCOC. The van der Waals surface area contributed by atoms with Crippen LogP contribution in [0.3, 0.4) is 0 Å². The lowest BCUT2D eigenvalue weighted by molar-refractivity contribution is -0.139. The Morgan fingerprint density at radius 3 is 0.522 bits per heavy atom. The zero-order valence-corrected chi connectivity index (χ0v) is 43.4. The van der Waals surface area contributed by atoms with Crippen molar-refractivity contribution in [1.82, 2.24) is 0 Å². The van der Waals surface area contributed by atoms with Gasteiger partial charge in [0.2, 0.25) is 0 Å². The molecule has 0 spiro atoms. The zero-order chi connectivity index (χ0) is 48.3. The summed E-state index contributed by atoms with van der Waals surface area (Å²) in [6, 6.07) is 0. The molecule has 14 nitrogen and oxygen atoms in total. The van der Waals surface area contributed by atoms with E-state index in [9.17, 15) is 4.79 Å². The molecule has 0 aliphatic carbocycles. The Morgan fingerprint density at radius 1 is 0.254 bits per heavy atom. The third-order valence-corrected chi connectivity index (χ3v) is 10.4. The summed E-state index contributed by atoms with van der Waals surface area (Å²) >= 11 is 0. The fraction of sp³-hybridized carbons (Fsp3) is 0.943. The van der Waals surface area contributed by atoms with Crippen molar-refractivity contribution >= 4 is 5.97 Å². The van der Waals surface area contributed by atoms with Gasteiger partial charge >= 0.3 is 5.97 Å². The minimum atomic E-state index is -0.323. The standard InChI is InChI=1S/C53H104O14/c1-52(2)53(54)67-51-27-26-50-66-49-25-24-48-65-47-23-22-46-64-45-21-20-44-63-43-19-18-42-62-41-17-16-40-61-39-15-14-38-60-37-13-12-36-59-35-11-10-34-58-33-9-8-32-57-31-7-6-30-56-29-5-4-28-55-3/h1,4-51H2,2-3H3. The first kappa shape index (κ1) is 65.7. The van der Waals surface area contributed by atoms with Crippen molar-refractivity contribution in [2.24, 2.45) is 0 Å². The number of unbranched alkanes of at least 4 members (excludes halogenated alkanes) is 12. The second-order valence-corrected chi connectivity index (χ2v) is 17.1. The Hall–Kier alpha value is -1.27. The second kappa shape index (κ2) is 60.9. The first-order valence-electron chi connectivity index (χ1n) is 26.8. The molecule has 0 aromatic carbocycles. The lowest BCUT2D eigenvalue weighted by Gasteiger charge is -2.08. The van der Waals surface area contributed by atoms with E-state index >= 15 is 0 Å². The molecule has 14 heteroatoms. The van der Waals surface area contributed by atoms with Gasteiger partial charge in [-0.2, -0.15) is 0 Å². The van der Waals surface area contributed by atoms with Crippen molar-refractivity contribution in [3.05, 3.63) is 12.2 Å². The summed E-state index contributed by atoms with van der Waals surface area (Å²) in [7, 11) is 1.74. The first-order chi connectivity index (χ1) is 33.2. The van der Waals surface area contributed by atoms with Crippen LogP contribution >= 0.6 is 0 Å². The molecular weight excluding hydrogens is 861 g/mol. The molecule has 0 saturated carbocycles. The molecule has 0 aliphatic heterocycles. The average Bonchev–Trinajstić information content (AvgIpc) is 3.33. The van der Waals surface area contributed by atoms with E-state index in [2.05, 4.69) is 6.58 Å². The van der Waals surface area contributed by atoms with Gasteiger partial charge in [-0.25, -0.2) is 4.79 Å². The van der Waals surface area contributed by atoms with E-state index in [4.69, 9.17) is 61.6 Å². The van der Waals surface area contributed by atoms with E-state index in [1.807, 2.05) is 0 Å². The smallest absolute Gasteiger partial charge is 0.333 e. The van der Waals surface area contributed by atoms with E-state index in [1.54, 1.807) is 14.0 Å². The van der Waals surface area contributed by atoms with Gasteiger partial charge in [0.25, 0.3) is 0 Å². The van der Waals surface area contributed by atoms with Crippen LogP contribution in [0.5, 0.6) is 0 Å². The summed E-state index contributed by atoms with van der Waals surface area (Å²) in [6.45, 7) is 24.0. The summed E-state index contributed by atoms with van der Waals surface area (Å²) in [5, 5.41) is 0. The molecule has 0 saturated heterocycles. The highest BCUT2D eigenvalue weighted by molar-refractivity contribution is 5.86. The molecule has 67 heavy (non-hydrogen) atoms. The van der Waals surface area contributed by atoms with Gasteiger partial charge in [-0.1, -0.05) is 6.58 Å². The Labute approximate surface area is 410 Å². The molecule has 0 atom stereocenters. The number of hydrogen-bond acceptors (Lipinski definition) is 14. The highest BCUT2D eigenvalue weighted by Gasteiger charge is 2.03. The molecule has 0 unspecified atom stereocenters. The lowest BCUT2D eigenvalue weighted by Crippen LogP contribution is -2.07. The third-order valence-electron chi connectivity index (χ3n) is 10.4. The van der Waals surface area contributed by atoms with Crippen LogP contribution in [0.15, 0.2) is 12.2 Å². The monoisotopic (exact) mass is 965 g/mol. The summed E-state index contributed by atoms with van der Waals surface area (Å²) in [5.41, 5.74) is 0.436. The number of rotatable bonds is 61. The van der Waals surface area contributed by atoms with Crippen molar-refractivity contribution in [1.29, 1.82) is 0 Å². The Balaban J connectivity index is 3.08. The molecular formula is C53H104O14. The molecule has 0 aromatic heterocycles. The van der Waals surface area contributed by atoms with Crippen LogP contribution in [-0.2, 0) is 66.4 Å². The normalized spacial score (nSPS) is 11.6. The van der Waals surface area contributed by atoms with E-state index in [0.29, 0.717) is 18.8 Å². The first-order valence-corrected chi connectivity index (χ1v) is 26.8. The maximum atomic E-state index is 11.3. The van der Waals surface area contributed by atoms with Gasteiger partial charge in [0, 0.05) is 165 Å². The number of ether oxygens (including phenoxy) is 13. The van der Waals surface area contributed by atoms with Gasteiger partial charge < -0.3 is 61.6 Å². The van der Waals surface area contributed by atoms with E-state index in [1.165, 1.54) is 0 Å². The second-order valence-electron chi connectivity index (χ2n) is 17.1. The molecule has 0 aliphatic rings. The van der Waals surface area contributed by atoms with Crippen LogP contribution in [0.2, 0.25) is 0 Å². The molecule has 0 aromatic rings. The van der Waals surface area contributed by atoms with Crippen molar-refractivity contribution in [3.63, 3.8) is 0 Å². The van der Waals surface area contributed by atoms with Gasteiger partial charge in [0.1, 0.15) is 0 Å². The number of methoxy groups -OCH3 is 1. The maximum Gasteiger partial charge on any atom is 0.333 e. The fourth-order valence-electron chi connectivity index (χ4n) is 6.25. The zero-order valence-electron chi connectivity index (χ0n) is 43.4. The molecule has 0 radical (unpaired) electrons. The van der Waals surface area contributed by atoms with E-state index in [0.717, 1.165) is 299 Å². The van der Waals surface area contributed by atoms with Gasteiger partial charge in [-0.05, 0) is 161 Å². The van der Waals surface area contributed by atoms with Gasteiger partial charge in [-0.3, -0.25) is 0 Å². The van der Waals surface area contributed by atoms with Crippen molar-refractivity contribution in [3.8, 4) is 0 Å². The van der Waals surface area contributed by atoms with Crippen LogP contribution < -0.4 is 0 Å². The number of carbonyl (C=O) groups excluding carboxylic acids is 1. The minimum Gasteiger partial charge on any atom is -0.462 e. The van der Waals surface area contributed by atoms with Crippen LogP contribution in [0.1, 0.15) is 161 Å². The Morgan fingerprint density at radius 2 is 0.388 bits per heavy atom. The maximum absolute atomic E-state index is 11.3. The molecule has 0 fully saturated rings. The highest BCUT2D eigenvalue weighted by Crippen LogP contribution is 2.03. The predicted octanol–water partition coefficient (Wildman–Crippen LogP) is 10.3. The number of carbonyl (C=O) groups is 1. The summed E-state index contributed by atoms with van der Waals surface area (Å²) < 4.78 is 73.1. The molecule has 400 valence electrons. The molecule has 0 heterocycles. The minimum absolute atomic E-state index is 0.323. The van der Waals surface area contributed by atoms with Gasteiger partial charge in [-0.15, -0.1) is 0 Å². The summed E-state index contributed by atoms with van der Waals surface area (Å²) in [4.78, 5) is 11.3. The molecule has 0 rings (SSSR count). The fourth-order valence-corrected chi connectivity index (χ4v) is 6.25. The van der Waals surface area contributed by atoms with Gasteiger partial charge in [0.15, 0.2) is 0 Å². The van der Waals surface area contributed by atoms with Crippen LogP contribution in [-0.4, -0.2) is 172 Å². The molecule has 0 bridgehead atoms. The van der Waals surface area contributed by atoms with Crippen LogP contribution in [0, 0.1) is 0 Å². The van der Waals surface area contributed by atoms with Crippen molar-refractivity contribution in [2.75, 3.05) is 166 Å². The highest BCUT2D eigenvalue weighted by atomic mass is 16.5. The van der Waals surface area contributed by atoms with Crippen molar-refractivity contribution in [2.45, 2.75) is 161 Å². The quantitative estimate of drug-likeness (QED) is 0.0325. The topological polar surface area (TPSA) is 137 Å². The number of hydrogen-bond donors (Lipinski definition) is 0. The van der Waals surface area contributed by atoms with Crippen molar-refractivity contribution < 1.29 is 66.4 Å². The molecule has 0 N–H and O–H groups in total. The largest absolute Gasteiger partial charge is 0.462 e. The Bertz CT molecular complexity index is 945. The van der Waals surface area contributed by atoms with E-state index < -0.39 is 0 Å². The van der Waals surface area contributed by atoms with Crippen LogP contribution in [0.4, 0.5) is 0 Å². The summed E-state index contributed by atoms with van der Waals surface area (Å²) in [6.07, 6.45) is 24.6. The predicted molar refractivity (Wildman–Crippen MR) is 267 cm³/mol. The summed E-state index contributed by atoms with van der Waals surface area (Å²) in [5.74, 6) is -0.323. The van der Waals surface area contributed by atoms with E-state index in [-0.39, 0.29) is 5.97 Å². The van der Waals surface area contributed by atoms with Crippen LogP contribution in [0.25, 0.3) is 0 Å². The Kier molecular flexibility index (Phi) is 59.7. The number of esters is 1. The van der Waals surface area contributed by atoms with Gasteiger partial charge in [0.05, 0.1) is 6.61 Å². The average molecular weight is 965 g/mol. The molecule has 0 amide bonds. The lowest BCUT2D eigenvalue weighted by atomic mass is 10.3. The third kappa shape index (κ3) is 60.8.